The lowest BCUT2D eigenvalue weighted by atomic mass is 9.72. The molecule has 0 atom stereocenters. The van der Waals surface area contributed by atoms with Gasteiger partial charge in [0.15, 0.2) is 0 Å². The molecule has 2 rings (SSSR count). The predicted molar refractivity (Wildman–Crippen MR) is 85.6 cm³/mol. The first-order valence-electron chi connectivity index (χ1n) is 8.23. The van der Waals surface area contributed by atoms with Crippen LogP contribution in [0.3, 0.4) is 0 Å². The second-order valence-corrected chi connectivity index (χ2v) is 7.00. The second kappa shape index (κ2) is 9.38. The molecule has 2 aliphatic carbocycles. The Morgan fingerprint density at radius 2 is 1.45 bits per heavy atom. The zero-order chi connectivity index (χ0) is 15.6. The highest BCUT2D eigenvalue weighted by Crippen LogP contribution is 2.49. The third-order valence-electron chi connectivity index (χ3n) is 3.91. The fourth-order valence-corrected chi connectivity index (χ4v) is 3.04. The minimum absolute atomic E-state index is 0. The van der Waals surface area contributed by atoms with Gasteiger partial charge in [-0.3, -0.25) is 4.79 Å². The van der Waals surface area contributed by atoms with Gasteiger partial charge in [0.25, 0.3) is 6.47 Å². The SMILES string of the molecule is CC.CC(C)(C)N.O=COC1CCC2(CCCC2)CC1. The van der Waals surface area contributed by atoms with Crippen LogP contribution in [0.4, 0.5) is 0 Å². The monoisotopic (exact) mass is 285 g/mol. The fourth-order valence-electron chi connectivity index (χ4n) is 3.04. The first kappa shape index (κ1) is 19.4. The zero-order valence-electron chi connectivity index (χ0n) is 14.2. The summed E-state index contributed by atoms with van der Waals surface area (Å²) in [6, 6.07) is 0. The standard InChI is InChI=1S/C11H18O2.C4H11N.C2H6/c12-9-13-10-3-7-11(8-4-10)5-1-2-6-11;1-4(2,3)5;1-2/h9-10H,1-8H2;5H2,1-3H3;1-2H3. The minimum atomic E-state index is 0. The molecule has 20 heavy (non-hydrogen) atoms. The number of ether oxygens (including phenoxy) is 1. The van der Waals surface area contributed by atoms with Crippen molar-refractivity contribution >= 4 is 6.47 Å². The maximum Gasteiger partial charge on any atom is 0.293 e. The molecule has 2 saturated carbocycles. The van der Waals surface area contributed by atoms with E-state index in [1.165, 1.54) is 38.5 Å². The molecule has 120 valence electrons. The Hall–Kier alpha value is -0.570. The van der Waals surface area contributed by atoms with Gasteiger partial charge in [0.1, 0.15) is 6.10 Å². The Labute approximate surface area is 125 Å². The smallest absolute Gasteiger partial charge is 0.293 e. The van der Waals surface area contributed by atoms with Gasteiger partial charge in [0.2, 0.25) is 0 Å². The minimum Gasteiger partial charge on any atom is -0.465 e. The Bertz CT molecular complexity index is 236. The molecule has 0 aromatic heterocycles. The van der Waals surface area contributed by atoms with Crippen molar-refractivity contribution in [3.8, 4) is 0 Å². The zero-order valence-corrected chi connectivity index (χ0v) is 14.2. The quantitative estimate of drug-likeness (QED) is 0.763. The van der Waals surface area contributed by atoms with Crippen molar-refractivity contribution in [2.75, 3.05) is 0 Å². The van der Waals surface area contributed by atoms with E-state index in [0.29, 0.717) is 11.9 Å². The topological polar surface area (TPSA) is 52.3 Å². The van der Waals surface area contributed by atoms with Crippen molar-refractivity contribution in [1.29, 1.82) is 0 Å². The van der Waals surface area contributed by atoms with Gasteiger partial charge in [-0.15, -0.1) is 0 Å². The molecule has 1 spiro atoms. The highest BCUT2D eigenvalue weighted by molar-refractivity contribution is 5.37. The largest absolute Gasteiger partial charge is 0.465 e. The number of carbonyl (C=O) groups is 1. The summed E-state index contributed by atoms with van der Waals surface area (Å²) in [6.07, 6.45) is 10.7. The van der Waals surface area contributed by atoms with E-state index in [1.807, 2.05) is 34.6 Å². The number of hydrogen-bond acceptors (Lipinski definition) is 3. The molecule has 3 nitrogen and oxygen atoms in total. The molecule has 0 aromatic carbocycles. The first-order valence-corrected chi connectivity index (χ1v) is 8.23. The van der Waals surface area contributed by atoms with Gasteiger partial charge in [0.05, 0.1) is 0 Å². The summed E-state index contributed by atoms with van der Waals surface area (Å²) in [4.78, 5) is 10.2. The lowest BCUT2D eigenvalue weighted by Gasteiger charge is -2.36. The molecule has 3 heteroatoms. The molecule has 0 aliphatic heterocycles. The van der Waals surface area contributed by atoms with Gasteiger partial charge >= 0.3 is 0 Å². The fraction of sp³-hybridized carbons (Fsp3) is 0.941. The first-order chi connectivity index (χ1) is 9.35. The van der Waals surface area contributed by atoms with Crippen LogP contribution in [0.15, 0.2) is 0 Å². The van der Waals surface area contributed by atoms with Crippen LogP contribution in [-0.4, -0.2) is 18.1 Å². The molecular formula is C17H35NO2. The Morgan fingerprint density at radius 3 is 1.80 bits per heavy atom. The Balaban J connectivity index is 0.000000441. The summed E-state index contributed by atoms with van der Waals surface area (Å²) in [5, 5.41) is 0. The molecule has 2 aliphatic rings. The summed E-state index contributed by atoms with van der Waals surface area (Å²) in [5.74, 6) is 0. The number of nitrogens with two attached hydrogens (primary N) is 1. The summed E-state index contributed by atoms with van der Waals surface area (Å²) in [5.41, 5.74) is 6.01. The van der Waals surface area contributed by atoms with Crippen LogP contribution in [0.2, 0.25) is 0 Å². The number of carbonyl (C=O) groups excluding carboxylic acids is 1. The van der Waals surface area contributed by atoms with E-state index in [-0.39, 0.29) is 11.6 Å². The molecule has 0 saturated heterocycles. The molecule has 0 radical (unpaired) electrons. The molecule has 0 unspecified atom stereocenters. The van der Waals surface area contributed by atoms with Crippen molar-refractivity contribution in [1.82, 2.24) is 0 Å². The number of rotatable bonds is 2. The normalized spacial score (nSPS) is 21.3. The van der Waals surface area contributed by atoms with Gasteiger partial charge in [-0.05, 0) is 64.7 Å². The van der Waals surface area contributed by atoms with Crippen LogP contribution in [0.1, 0.15) is 86.0 Å². The maximum absolute atomic E-state index is 10.2. The van der Waals surface area contributed by atoms with Crippen LogP contribution in [-0.2, 0) is 9.53 Å². The lowest BCUT2D eigenvalue weighted by Crippen LogP contribution is -2.28. The van der Waals surface area contributed by atoms with Crippen molar-refractivity contribution in [2.45, 2.75) is 97.6 Å². The van der Waals surface area contributed by atoms with Crippen LogP contribution < -0.4 is 5.73 Å². The van der Waals surface area contributed by atoms with Crippen LogP contribution in [0, 0.1) is 5.41 Å². The Kier molecular flexibility index (Phi) is 9.11. The summed E-state index contributed by atoms with van der Waals surface area (Å²) in [6.45, 7) is 10.5. The third-order valence-corrected chi connectivity index (χ3v) is 3.91. The van der Waals surface area contributed by atoms with Crippen LogP contribution in [0.5, 0.6) is 0 Å². The molecule has 0 aromatic rings. The summed E-state index contributed by atoms with van der Waals surface area (Å²) >= 11 is 0. The maximum atomic E-state index is 10.2. The Morgan fingerprint density at radius 1 is 1.05 bits per heavy atom. The van der Waals surface area contributed by atoms with E-state index in [4.69, 9.17) is 10.5 Å². The highest BCUT2D eigenvalue weighted by Gasteiger charge is 2.37. The number of hydrogen-bond donors (Lipinski definition) is 1. The van der Waals surface area contributed by atoms with Gasteiger partial charge in [0, 0.05) is 5.54 Å². The molecular weight excluding hydrogens is 250 g/mol. The molecule has 0 amide bonds. The van der Waals surface area contributed by atoms with Crippen molar-refractivity contribution in [3.63, 3.8) is 0 Å². The van der Waals surface area contributed by atoms with Crippen molar-refractivity contribution < 1.29 is 9.53 Å². The summed E-state index contributed by atoms with van der Waals surface area (Å²) < 4.78 is 5.00. The molecule has 2 fully saturated rings. The second-order valence-electron chi connectivity index (χ2n) is 7.00. The van der Waals surface area contributed by atoms with Crippen LogP contribution in [0.25, 0.3) is 0 Å². The van der Waals surface area contributed by atoms with Crippen LogP contribution >= 0.6 is 0 Å². The van der Waals surface area contributed by atoms with Gasteiger partial charge in [-0.25, -0.2) is 0 Å². The van der Waals surface area contributed by atoms with Crippen molar-refractivity contribution in [3.05, 3.63) is 0 Å². The highest BCUT2D eigenvalue weighted by atomic mass is 16.5. The van der Waals surface area contributed by atoms with Gasteiger partial charge in [-0.1, -0.05) is 26.7 Å². The lowest BCUT2D eigenvalue weighted by molar-refractivity contribution is -0.136. The average Bonchev–Trinajstić information content (AvgIpc) is 2.82. The summed E-state index contributed by atoms with van der Waals surface area (Å²) in [7, 11) is 0. The molecule has 0 heterocycles. The van der Waals surface area contributed by atoms with Gasteiger partial charge in [-0.2, -0.15) is 0 Å². The van der Waals surface area contributed by atoms with E-state index >= 15 is 0 Å². The van der Waals surface area contributed by atoms with E-state index in [0.717, 1.165) is 12.8 Å². The third kappa shape index (κ3) is 8.57. The average molecular weight is 285 g/mol. The van der Waals surface area contributed by atoms with Crippen molar-refractivity contribution in [2.24, 2.45) is 11.1 Å². The van der Waals surface area contributed by atoms with E-state index in [2.05, 4.69) is 0 Å². The van der Waals surface area contributed by atoms with E-state index < -0.39 is 0 Å². The predicted octanol–water partition coefficient (Wildman–Crippen LogP) is 4.43. The van der Waals surface area contributed by atoms with E-state index in [9.17, 15) is 4.79 Å². The van der Waals surface area contributed by atoms with E-state index in [1.54, 1.807) is 0 Å². The molecule has 2 N–H and O–H groups in total. The molecule has 0 bridgehead atoms. The van der Waals surface area contributed by atoms with Gasteiger partial charge < -0.3 is 10.5 Å².